The third-order valence-corrected chi connectivity index (χ3v) is 6.40. The topological polar surface area (TPSA) is 123 Å². The number of carbonyl (C=O) groups excluding carboxylic acids is 3. The van der Waals surface area contributed by atoms with Crippen LogP contribution in [-0.4, -0.2) is 65.9 Å². The molecule has 0 spiro atoms. The fourth-order valence-electron chi connectivity index (χ4n) is 4.54. The van der Waals surface area contributed by atoms with E-state index in [1.165, 1.54) is 20.4 Å². The lowest BCUT2D eigenvalue weighted by Gasteiger charge is -2.25. The van der Waals surface area contributed by atoms with E-state index in [0.29, 0.717) is 40.3 Å². The quantitative estimate of drug-likeness (QED) is 0.519. The van der Waals surface area contributed by atoms with Gasteiger partial charge in [0.05, 0.1) is 19.8 Å². The Labute approximate surface area is 227 Å². The number of rotatable bonds is 5. The fraction of sp³-hybridized carbons (Fsp3) is 0.345. The van der Waals surface area contributed by atoms with Crippen molar-refractivity contribution in [1.82, 2.24) is 25.5 Å². The van der Waals surface area contributed by atoms with Crippen molar-refractivity contribution in [3.8, 4) is 22.6 Å². The lowest BCUT2D eigenvalue weighted by molar-refractivity contribution is -0.123. The predicted octanol–water partition coefficient (Wildman–Crippen LogP) is 3.08. The first-order chi connectivity index (χ1) is 18.8. The molecule has 1 aromatic carbocycles. The number of amides is 3. The number of ether oxygens (including phenoxy) is 2. The largest absolute Gasteiger partial charge is 0.493 e. The molecule has 1 atom stereocenters. The predicted molar refractivity (Wildman–Crippen MR) is 145 cm³/mol. The van der Waals surface area contributed by atoms with Crippen LogP contribution in [0.3, 0.4) is 0 Å². The summed E-state index contributed by atoms with van der Waals surface area (Å²) in [6.45, 7) is 4.60. The van der Waals surface area contributed by atoms with Crippen LogP contribution < -0.4 is 20.1 Å². The van der Waals surface area contributed by atoms with Gasteiger partial charge in [0, 0.05) is 49.4 Å². The Balaban J connectivity index is 1.83. The first-order valence-electron chi connectivity index (χ1n) is 12.8. The second kappa shape index (κ2) is 12.4. The van der Waals surface area contributed by atoms with Gasteiger partial charge in [-0.2, -0.15) is 0 Å². The van der Waals surface area contributed by atoms with Crippen molar-refractivity contribution in [2.75, 3.05) is 27.3 Å². The SMILES string of the molecule is COc1cc2cc(c1OC)-c1cncc(c1)C(=O)N[C@H](CC(C)C)C(=O)NCCN(C(=O)c1ccccn1)C2. The van der Waals surface area contributed by atoms with Crippen molar-refractivity contribution < 1.29 is 23.9 Å². The van der Waals surface area contributed by atoms with Gasteiger partial charge < -0.3 is 25.0 Å². The molecule has 1 aliphatic heterocycles. The summed E-state index contributed by atoms with van der Waals surface area (Å²) in [5.41, 5.74) is 2.65. The lowest BCUT2D eigenvalue weighted by Crippen LogP contribution is -2.49. The zero-order chi connectivity index (χ0) is 27.9. The summed E-state index contributed by atoms with van der Waals surface area (Å²) in [5, 5.41) is 5.75. The van der Waals surface area contributed by atoms with E-state index in [2.05, 4.69) is 20.6 Å². The van der Waals surface area contributed by atoms with Crippen LogP contribution in [0.2, 0.25) is 0 Å². The van der Waals surface area contributed by atoms with Crippen LogP contribution in [0.25, 0.3) is 11.1 Å². The highest BCUT2D eigenvalue weighted by Gasteiger charge is 2.25. The van der Waals surface area contributed by atoms with Crippen LogP contribution in [-0.2, 0) is 11.3 Å². The smallest absolute Gasteiger partial charge is 0.272 e. The Morgan fingerprint density at radius 1 is 1.10 bits per heavy atom. The molecule has 3 heterocycles. The maximum absolute atomic E-state index is 13.5. The summed E-state index contributed by atoms with van der Waals surface area (Å²) in [6.07, 6.45) is 5.11. The number of nitrogens with zero attached hydrogens (tertiary/aromatic N) is 3. The van der Waals surface area contributed by atoms with Gasteiger partial charge in [-0.25, -0.2) is 0 Å². The Bertz CT molecular complexity index is 1350. The number of benzene rings is 1. The van der Waals surface area contributed by atoms with Gasteiger partial charge in [-0.3, -0.25) is 24.4 Å². The molecule has 0 saturated carbocycles. The Morgan fingerprint density at radius 3 is 2.59 bits per heavy atom. The Morgan fingerprint density at radius 2 is 1.90 bits per heavy atom. The molecule has 10 heteroatoms. The number of aromatic nitrogens is 2. The molecule has 0 radical (unpaired) electrons. The van der Waals surface area contributed by atoms with Crippen molar-refractivity contribution in [3.63, 3.8) is 0 Å². The lowest BCUT2D eigenvalue weighted by atomic mass is 10.00. The number of hydrogen-bond donors (Lipinski definition) is 2. The van der Waals surface area contributed by atoms with Gasteiger partial charge in [-0.15, -0.1) is 0 Å². The second-order valence-electron chi connectivity index (χ2n) is 9.73. The molecule has 0 saturated heterocycles. The van der Waals surface area contributed by atoms with E-state index in [4.69, 9.17) is 9.47 Å². The van der Waals surface area contributed by atoms with Gasteiger partial charge >= 0.3 is 0 Å². The van der Waals surface area contributed by atoms with Crippen molar-refractivity contribution >= 4 is 17.7 Å². The Hall–Kier alpha value is -4.47. The maximum atomic E-state index is 13.5. The minimum Gasteiger partial charge on any atom is -0.493 e. The van der Waals surface area contributed by atoms with E-state index < -0.39 is 11.9 Å². The zero-order valence-electron chi connectivity index (χ0n) is 22.6. The highest BCUT2D eigenvalue weighted by atomic mass is 16.5. The van der Waals surface area contributed by atoms with Gasteiger partial charge in [0.25, 0.3) is 11.8 Å². The van der Waals surface area contributed by atoms with E-state index in [0.717, 1.165) is 5.56 Å². The molecule has 10 nitrogen and oxygen atoms in total. The number of fused-ring (bicyclic) bond motifs is 5. The summed E-state index contributed by atoms with van der Waals surface area (Å²) in [7, 11) is 3.08. The average Bonchev–Trinajstić information content (AvgIpc) is 2.95. The van der Waals surface area contributed by atoms with Crippen LogP contribution in [0.4, 0.5) is 0 Å². The summed E-state index contributed by atoms with van der Waals surface area (Å²) >= 11 is 0. The number of hydrogen-bond acceptors (Lipinski definition) is 7. The van der Waals surface area contributed by atoms with E-state index in [1.54, 1.807) is 47.6 Å². The first kappa shape index (κ1) is 27.6. The Kier molecular flexibility index (Phi) is 8.75. The average molecular weight is 532 g/mol. The molecule has 39 heavy (non-hydrogen) atoms. The monoisotopic (exact) mass is 531 g/mol. The highest BCUT2D eigenvalue weighted by molar-refractivity contribution is 5.98. The first-order valence-corrected chi connectivity index (χ1v) is 12.8. The summed E-state index contributed by atoms with van der Waals surface area (Å²) < 4.78 is 11.3. The fourth-order valence-corrected chi connectivity index (χ4v) is 4.54. The van der Waals surface area contributed by atoms with Gasteiger partial charge in [0.1, 0.15) is 11.7 Å². The van der Waals surface area contributed by atoms with Crippen molar-refractivity contribution in [2.24, 2.45) is 5.92 Å². The molecule has 0 aliphatic carbocycles. The molecule has 3 aromatic rings. The summed E-state index contributed by atoms with van der Waals surface area (Å²) in [5.74, 6) is 0.107. The molecule has 1 aliphatic rings. The number of pyridine rings is 2. The maximum Gasteiger partial charge on any atom is 0.272 e. The molecule has 0 fully saturated rings. The molecule has 4 rings (SSSR count). The standard InChI is InChI=1S/C29H33N5O5/c1-18(2)11-24-28(36)32-9-10-34(29(37)23-7-5-6-8-31-23)17-19-12-22(26(39-4)25(13-19)38-3)20-14-21(16-30-15-20)27(35)33-24/h5-8,12-16,18,24H,9-11,17H2,1-4H3,(H,32,36)(H,33,35)/t24-/m1/s1. The molecule has 2 aromatic heterocycles. The molecule has 4 bridgehead atoms. The molecule has 204 valence electrons. The third kappa shape index (κ3) is 6.51. The normalized spacial score (nSPS) is 16.0. The van der Waals surface area contributed by atoms with Crippen LogP contribution in [0.15, 0.2) is 55.0 Å². The van der Waals surface area contributed by atoms with Crippen LogP contribution in [0.5, 0.6) is 11.5 Å². The minimum absolute atomic E-state index is 0.160. The minimum atomic E-state index is -0.748. The molecule has 2 N–H and O–H groups in total. The number of methoxy groups -OCH3 is 2. The van der Waals surface area contributed by atoms with Gasteiger partial charge in [-0.05, 0) is 48.2 Å². The number of carbonyl (C=O) groups is 3. The molecule has 0 unspecified atom stereocenters. The van der Waals surface area contributed by atoms with Gasteiger partial charge in [-0.1, -0.05) is 19.9 Å². The van der Waals surface area contributed by atoms with Crippen molar-refractivity contribution in [2.45, 2.75) is 32.9 Å². The second-order valence-corrected chi connectivity index (χ2v) is 9.73. The number of nitrogens with one attached hydrogen (secondary N) is 2. The molecular formula is C29H33N5O5. The van der Waals surface area contributed by atoms with Crippen LogP contribution >= 0.6 is 0 Å². The molecule has 3 amide bonds. The van der Waals surface area contributed by atoms with E-state index in [1.807, 2.05) is 19.9 Å². The highest BCUT2D eigenvalue weighted by Crippen LogP contribution is 2.39. The van der Waals surface area contributed by atoms with E-state index in [9.17, 15) is 14.4 Å². The van der Waals surface area contributed by atoms with Crippen LogP contribution in [0, 0.1) is 5.92 Å². The van der Waals surface area contributed by atoms with Gasteiger partial charge in [0.2, 0.25) is 5.91 Å². The van der Waals surface area contributed by atoms with E-state index in [-0.39, 0.29) is 37.4 Å². The van der Waals surface area contributed by atoms with E-state index >= 15 is 0 Å². The van der Waals surface area contributed by atoms with Gasteiger partial charge in [0.15, 0.2) is 11.5 Å². The molecular weight excluding hydrogens is 498 g/mol. The zero-order valence-corrected chi connectivity index (χ0v) is 22.6. The van der Waals surface area contributed by atoms with Crippen molar-refractivity contribution in [3.05, 3.63) is 71.8 Å². The van der Waals surface area contributed by atoms with Crippen molar-refractivity contribution in [1.29, 1.82) is 0 Å². The summed E-state index contributed by atoms with van der Waals surface area (Å²) in [4.78, 5) is 49.9. The van der Waals surface area contributed by atoms with Crippen LogP contribution in [0.1, 0.15) is 46.7 Å². The third-order valence-electron chi connectivity index (χ3n) is 6.40. The summed E-state index contributed by atoms with van der Waals surface area (Å²) in [6, 6.07) is 9.80.